The van der Waals surface area contributed by atoms with Gasteiger partial charge in [-0.05, 0) is 44.1 Å². The summed E-state index contributed by atoms with van der Waals surface area (Å²) < 4.78 is 0. The quantitative estimate of drug-likeness (QED) is 0.803. The van der Waals surface area contributed by atoms with Gasteiger partial charge in [-0.15, -0.1) is 0 Å². The van der Waals surface area contributed by atoms with Crippen LogP contribution >= 0.6 is 0 Å². The van der Waals surface area contributed by atoms with Gasteiger partial charge in [0, 0.05) is 25.7 Å². The second-order valence-electron chi connectivity index (χ2n) is 5.31. The van der Waals surface area contributed by atoms with Crippen molar-refractivity contribution in [2.75, 3.05) is 33.7 Å². The zero-order valence-electron chi connectivity index (χ0n) is 11.3. The lowest BCUT2D eigenvalue weighted by molar-refractivity contribution is 0.0773. The van der Waals surface area contributed by atoms with E-state index in [-0.39, 0.29) is 17.4 Å². The first kappa shape index (κ1) is 13.7. The van der Waals surface area contributed by atoms with Gasteiger partial charge >= 0.3 is 0 Å². The molecule has 1 aliphatic heterocycles. The molecule has 2 N–H and O–H groups in total. The van der Waals surface area contributed by atoms with E-state index in [1.165, 1.54) is 18.2 Å². The second kappa shape index (κ2) is 5.48. The molecule has 1 unspecified atom stereocenters. The van der Waals surface area contributed by atoms with E-state index in [9.17, 15) is 15.0 Å². The lowest BCUT2D eigenvalue weighted by Gasteiger charge is -2.21. The molecule has 0 spiro atoms. The smallest absolute Gasteiger partial charge is 0.253 e. The number of amides is 1. The Hall–Kier alpha value is -1.75. The standard InChI is InChI=1S/C14H20N2O3/c1-15-6-5-10(8-15)9-16(2)14(19)11-3-4-12(17)13(18)7-11/h3-4,7,10,17-18H,5-6,8-9H2,1-2H3. The predicted molar refractivity (Wildman–Crippen MR) is 72.3 cm³/mol. The Morgan fingerprint density at radius 3 is 2.74 bits per heavy atom. The minimum atomic E-state index is -0.264. The minimum absolute atomic E-state index is 0.134. The van der Waals surface area contributed by atoms with Gasteiger partial charge in [0.1, 0.15) is 0 Å². The van der Waals surface area contributed by atoms with Crippen molar-refractivity contribution in [1.29, 1.82) is 0 Å². The first-order chi connectivity index (χ1) is 8.97. The highest BCUT2D eigenvalue weighted by atomic mass is 16.3. The predicted octanol–water partition coefficient (Wildman–Crippen LogP) is 1.12. The van der Waals surface area contributed by atoms with Crippen molar-refractivity contribution in [3.63, 3.8) is 0 Å². The van der Waals surface area contributed by atoms with Crippen LogP contribution in [0.4, 0.5) is 0 Å². The Balaban J connectivity index is 2.00. The van der Waals surface area contributed by atoms with E-state index in [1.807, 2.05) is 0 Å². The van der Waals surface area contributed by atoms with Gasteiger partial charge in [-0.1, -0.05) is 0 Å². The number of hydrogen-bond donors (Lipinski definition) is 2. The first-order valence-corrected chi connectivity index (χ1v) is 6.43. The molecule has 1 amide bonds. The molecule has 1 fully saturated rings. The molecule has 5 heteroatoms. The number of nitrogens with zero attached hydrogens (tertiary/aromatic N) is 2. The molecule has 1 aliphatic rings. The molecular weight excluding hydrogens is 244 g/mol. The maximum Gasteiger partial charge on any atom is 0.253 e. The van der Waals surface area contributed by atoms with Gasteiger partial charge in [-0.2, -0.15) is 0 Å². The monoisotopic (exact) mass is 264 g/mol. The number of benzene rings is 1. The van der Waals surface area contributed by atoms with Crippen molar-refractivity contribution in [2.24, 2.45) is 5.92 Å². The van der Waals surface area contributed by atoms with Crippen LogP contribution in [0.25, 0.3) is 0 Å². The summed E-state index contributed by atoms with van der Waals surface area (Å²) in [7, 11) is 3.85. The van der Waals surface area contributed by atoms with Gasteiger partial charge in [0.25, 0.3) is 5.91 Å². The fourth-order valence-corrected chi connectivity index (χ4v) is 2.52. The number of phenolic OH excluding ortho intramolecular Hbond substituents is 2. The fraction of sp³-hybridized carbons (Fsp3) is 0.500. The maximum atomic E-state index is 12.2. The van der Waals surface area contributed by atoms with Crippen LogP contribution in [0.3, 0.4) is 0 Å². The third-order valence-corrected chi connectivity index (χ3v) is 3.59. The van der Waals surface area contributed by atoms with Crippen LogP contribution in [-0.4, -0.2) is 59.6 Å². The van der Waals surface area contributed by atoms with Crippen molar-refractivity contribution >= 4 is 5.91 Å². The van der Waals surface area contributed by atoms with Crippen molar-refractivity contribution < 1.29 is 15.0 Å². The fourth-order valence-electron chi connectivity index (χ4n) is 2.52. The number of phenols is 2. The lowest BCUT2D eigenvalue weighted by Crippen LogP contribution is -2.32. The van der Waals surface area contributed by atoms with Crippen molar-refractivity contribution in [3.05, 3.63) is 23.8 Å². The summed E-state index contributed by atoms with van der Waals surface area (Å²) in [5.41, 5.74) is 0.393. The molecule has 5 nitrogen and oxygen atoms in total. The van der Waals surface area contributed by atoms with Gasteiger partial charge < -0.3 is 20.0 Å². The molecule has 0 aromatic heterocycles. The average molecular weight is 264 g/mol. The summed E-state index contributed by atoms with van der Waals surface area (Å²) in [6, 6.07) is 4.16. The Labute approximate surface area is 113 Å². The number of rotatable bonds is 3. The highest BCUT2D eigenvalue weighted by molar-refractivity contribution is 5.94. The van der Waals surface area contributed by atoms with E-state index in [1.54, 1.807) is 11.9 Å². The van der Waals surface area contributed by atoms with E-state index in [0.29, 0.717) is 18.0 Å². The largest absolute Gasteiger partial charge is 0.504 e. The van der Waals surface area contributed by atoms with Gasteiger partial charge in [0.2, 0.25) is 0 Å². The number of aromatic hydroxyl groups is 2. The molecule has 0 radical (unpaired) electrons. The van der Waals surface area contributed by atoms with Gasteiger partial charge in [-0.25, -0.2) is 0 Å². The molecule has 104 valence electrons. The van der Waals surface area contributed by atoms with Crippen molar-refractivity contribution in [3.8, 4) is 11.5 Å². The van der Waals surface area contributed by atoms with Gasteiger partial charge in [-0.3, -0.25) is 4.79 Å². The van der Waals surface area contributed by atoms with Crippen LogP contribution in [-0.2, 0) is 0 Å². The maximum absolute atomic E-state index is 12.2. The zero-order chi connectivity index (χ0) is 14.0. The summed E-state index contributed by atoms with van der Waals surface area (Å²) in [6.07, 6.45) is 1.11. The van der Waals surface area contributed by atoms with Gasteiger partial charge in [0.15, 0.2) is 11.5 Å². The molecule has 0 saturated carbocycles. The van der Waals surface area contributed by atoms with E-state index < -0.39 is 0 Å². The molecule has 1 aromatic carbocycles. The van der Waals surface area contributed by atoms with E-state index >= 15 is 0 Å². The van der Waals surface area contributed by atoms with Crippen LogP contribution in [0.5, 0.6) is 11.5 Å². The molecule has 1 saturated heterocycles. The van der Waals surface area contributed by atoms with Crippen molar-refractivity contribution in [2.45, 2.75) is 6.42 Å². The summed E-state index contributed by atoms with van der Waals surface area (Å²) >= 11 is 0. The molecule has 1 heterocycles. The highest BCUT2D eigenvalue weighted by Gasteiger charge is 2.23. The van der Waals surface area contributed by atoms with Crippen LogP contribution in [0, 0.1) is 5.92 Å². The third kappa shape index (κ3) is 3.17. The Kier molecular flexibility index (Phi) is 3.95. The molecular formula is C14H20N2O3. The summed E-state index contributed by atoms with van der Waals surface area (Å²) in [5.74, 6) is -0.106. The summed E-state index contributed by atoms with van der Waals surface area (Å²) in [4.78, 5) is 16.1. The van der Waals surface area contributed by atoms with Crippen LogP contribution < -0.4 is 0 Å². The number of likely N-dealkylation sites (tertiary alicyclic amines) is 1. The van der Waals surface area contributed by atoms with E-state index in [0.717, 1.165) is 19.5 Å². The molecule has 0 bridgehead atoms. The minimum Gasteiger partial charge on any atom is -0.504 e. The molecule has 2 rings (SSSR count). The number of carbonyl (C=O) groups is 1. The molecule has 0 aliphatic carbocycles. The highest BCUT2D eigenvalue weighted by Crippen LogP contribution is 2.25. The Bertz CT molecular complexity index is 476. The lowest BCUT2D eigenvalue weighted by atomic mass is 10.1. The number of hydrogen-bond acceptors (Lipinski definition) is 4. The first-order valence-electron chi connectivity index (χ1n) is 6.43. The van der Waals surface area contributed by atoms with Gasteiger partial charge in [0.05, 0.1) is 0 Å². The Morgan fingerprint density at radius 2 is 2.16 bits per heavy atom. The molecule has 1 atom stereocenters. The normalized spacial score (nSPS) is 19.6. The second-order valence-corrected chi connectivity index (χ2v) is 5.31. The summed E-state index contributed by atoms with van der Waals surface area (Å²) in [5, 5.41) is 18.7. The zero-order valence-corrected chi connectivity index (χ0v) is 11.3. The van der Waals surface area contributed by atoms with E-state index in [2.05, 4.69) is 11.9 Å². The Morgan fingerprint density at radius 1 is 1.42 bits per heavy atom. The topological polar surface area (TPSA) is 64.0 Å². The SMILES string of the molecule is CN1CCC(CN(C)C(=O)c2ccc(O)c(O)c2)C1. The van der Waals surface area contributed by atoms with Crippen LogP contribution in [0.15, 0.2) is 18.2 Å². The summed E-state index contributed by atoms with van der Waals surface area (Å²) in [6.45, 7) is 2.80. The third-order valence-electron chi connectivity index (χ3n) is 3.59. The average Bonchev–Trinajstić information content (AvgIpc) is 2.77. The number of carbonyl (C=O) groups excluding carboxylic acids is 1. The molecule has 19 heavy (non-hydrogen) atoms. The molecule has 1 aromatic rings. The van der Waals surface area contributed by atoms with Crippen LogP contribution in [0.2, 0.25) is 0 Å². The van der Waals surface area contributed by atoms with Crippen LogP contribution in [0.1, 0.15) is 16.8 Å². The van der Waals surface area contributed by atoms with E-state index in [4.69, 9.17) is 0 Å². The van der Waals surface area contributed by atoms with Crippen molar-refractivity contribution in [1.82, 2.24) is 9.80 Å².